The highest BCUT2D eigenvalue weighted by atomic mass is 15.2. The Morgan fingerprint density at radius 2 is 1.74 bits per heavy atom. The van der Waals surface area contributed by atoms with Crippen LogP contribution in [0.3, 0.4) is 0 Å². The van der Waals surface area contributed by atoms with Crippen LogP contribution in [0.5, 0.6) is 0 Å². The molecule has 0 aliphatic rings. The van der Waals surface area contributed by atoms with Crippen molar-refractivity contribution in [3.63, 3.8) is 0 Å². The fourth-order valence-electron chi connectivity index (χ4n) is 3.27. The van der Waals surface area contributed by atoms with Crippen LogP contribution in [0.4, 0.5) is 0 Å². The Balaban J connectivity index is 3.22. The van der Waals surface area contributed by atoms with Gasteiger partial charge in [-0.1, -0.05) is 45.0 Å². The average Bonchev–Trinajstić information content (AvgIpc) is 2.43. The minimum atomic E-state index is 0.143. The molecule has 0 saturated carbocycles. The summed E-state index contributed by atoms with van der Waals surface area (Å²) in [6, 6.07) is 9.09. The van der Waals surface area contributed by atoms with Crippen LogP contribution in [-0.2, 0) is 0 Å². The van der Waals surface area contributed by atoms with Crippen molar-refractivity contribution in [2.24, 2.45) is 0 Å². The highest BCUT2D eigenvalue weighted by molar-refractivity contribution is 5.31. The largest absolute Gasteiger partial charge is 0.311 e. The Morgan fingerprint density at radius 1 is 1.16 bits per heavy atom. The van der Waals surface area contributed by atoms with Crippen LogP contribution in [0.15, 0.2) is 24.3 Å². The highest BCUT2D eigenvalue weighted by Gasteiger charge is 2.37. The van der Waals surface area contributed by atoms with Gasteiger partial charge in [-0.05, 0) is 51.5 Å². The predicted molar refractivity (Wildman–Crippen MR) is 84.6 cm³/mol. The number of benzene rings is 1. The van der Waals surface area contributed by atoms with Crippen LogP contribution >= 0.6 is 0 Å². The Bertz CT molecular complexity index is 385. The lowest BCUT2D eigenvalue weighted by atomic mass is 9.81. The average molecular weight is 262 g/mol. The Morgan fingerprint density at radius 3 is 2.16 bits per heavy atom. The molecule has 0 heterocycles. The minimum absolute atomic E-state index is 0.143. The summed E-state index contributed by atoms with van der Waals surface area (Å²) >= 11 is 0. The van der Waals surface area contributed by atoms with Gasteiger partial charge in [0.1, 0.15) is 0 Å². The third-order valence-corrected chi connectivity index (χ3v) is 4.61. The summed E-state index contributed by atoms with van der Waals surface area (Å²) in [7, 11) is 2.08. The number of rotatable bonds is 7. The third-order valence-electron chi connectivity index (χ3n) is 4.61. The summed E-state index contributed by atoms with van der Waals surface area (Å²) in [6.07, 6.45) is 1.13. The molecule has 0 saturated heterocycles. The van der Waals surface area contributed by atoms with Crippen LogP contribution in [0.1, 0.15) is 51.3 Å². The van der Waals surface area contributed by atoms with E-state index in [9.17, 15) is 0 Å². The maximum atomic E-state index is 3.56. The van der Waals surface area contributed by atoms with E-state index in [4.69, 9.17) is 0 Å². The van der Waals surface area contributed by atoms with Crippen molar-refractivity contribution in [1.82, 2.24) is 10.2 Å². The second-order valence-electron chi connectivity index (χ2n) is 5.46. The molecule has 0 aliphatic carbocycles. The molecule has 1 rings (SSSR count). The molecule has 108 valence electrons. The first kappa shape index (κ1) is 16.2. The van der Waals surface area contributed by atoms with E-state index in [2.05, 4.69) is 76.1 Å². The molecular formula is C17H30N2. The number of likely N-dealkylation sites (N-methyl/N-ethyl adjacent to an activating group) is 2. The van der Waals surface area contributed by atoms with Crippen molar-refractivity contribution in [1.29, 1.82) is 0 Å². The maximum Gasteiger partial charge on any atom is 0.0504 e. The lowest BCUT2D eigenvalue weighted by molar-refractivity contribution is 0.0726. The third kappa shape index (κ3) is 3.18. The normalized spacial score (nSPS) is 16.4. The van der Waals surface area contributed by atoms with Crippen molar-refractivity contribution in [3.05, 3.63) is 35.4 Å². The summed E-state index contributed by atoms with van der Waals surface area (Å²) in [6.45, 7) is 13.6. The smallest absolute Gasteiger partial charge is 0.0504 e. The zero-order valence-electron chi connectivity index (χ0n) is 13.5. The molecule has 0 spiro atoms. The van der Waals surface area contributed by atoms with E-state index < -0.39 is 0 Å². The molecule has 2 heteroatoms. The van der Waals surface area contributed by atoms with Gasteiger partial charge in [0.15, 0.2) is 0 Å². The molecule has 0 bridgehead atoms. The van der Waals surface area contributed by atoms with Gasteiger partial charge in [-0.15, -0.1) is 0 Å². The van der Waals surface area contributed by atoms with E-state index in [0.29, 0.717) is 6.04 Å². The summed E-state index contributed by atoms with van der Waals surface area (Å²) in [4.78, 5) is 2.57. The van der Waals surface area contributed by atoms with Crippen molar-refractivity contribution in [2.45, 2.75) is 52.6 Å². The second-order valence-corrected chi connectivity index (χ2v) is 5.46. The molecule has 0 fully saturated rings. The van der Waals surface area contributed by atoms with Gasteiger partial charge in [0, 0.05) is 5.54 Å². The first-order valence-corrected chi connectivity index (χ1v) is 7.52. The molecule has 1 aromatic carbocycles. The van der Waals surface area contributed by atoms with E-state index >= 15 is 0 Å². The van der Waals surface area contributed by atoms with E-state index in [1.807, 2.05) is 0 Å². The summed E-state index contributed by atoms with van der Waals surface area (Å²) in [5.41, 5.74) is 2.93. The standard InChI is InChI=1S/C17H30N2/c1-7-17(5,19(8-2)9-3)16(18-6)15-13-11-10-12-14(15)4/h10-13,16,18H,7-9H2,1-6H3. The topological polar surface area (TPSA) is 15.3 Å². The summed E-state index contributed by atoms with van der Waals surface area (Å²) in [5, 5.41) is 3.56. The monoisotopic (exact) mass is 262 g/mol. The number of nitrogens with one attached hydrogen (secondary N) is 1. The van der Waals surface area contributed by atoms with Crippen molar-refractivity contribution >= 4 is 0 Å². The molecule has 0 aromatic heterocycles. The van der Waals surface area contributed by atoms with Crippen LogP contribution in [0.2, 0.25) is 0 Å². The molecule has 2 atom stereocenters. The number of hydrogen-bond donors (Lipinski definition) is 1. The first-order valence-electron chi connectivity index (χ1n) is 7.52. The van der Waals surface area contributed by atoms with Gasteiger partial charge < -0.3 is 5.32 Å². The zero-order chi connectivity index (χ0) is 14.5. The van der Waals surface area contributed by atoms with Crippen LogP contribution in [0, 0.1) is 6.92 Å². The summed E-state index contributed by atoms with van der Waals surface area (Å²) < 4.78 is 0. The van der Waals surface area contributed by atoms with Gasteiger partial charge in [0.2, 0.25) is 0 Å². The Kier molecular flexibility index (Phi) is 6.02. The van der Waals surface area contributed by atoms with Crippen LogP contribution in [0.25, 0.3) is 0 Å². The fourth-order valence-corrected chi connectivity index (χ4v) is 3.27. The summed E-state index contributed by atoms with van der Waals surface area (Å²) in [5.74, 6) is 0. The van der Waals surface area contributed by atoms with Crippen LogP contribution in [-0.4, -0.2) is 30.6 Å². The SMILES string of the molecule is CCN(CC)C(C)(CC)C(NC)c1ccccc1C. The van der Waals surface area contributed by atoms with Crippen molar-refractivity contribution in [2.75, 3.05) is 20.1 Å². The van der Waals surface area contributed by atoms with E-state index in [1.165, 1.54) is 11.1 Å². The number of nitrogens with zero attached hydrogens (tertiary/aromatic N) is 1. The second kappa shape index (κ2) is 7.06. The molecule has 2 nitrogen and oxygen atoms in total. The van der Waals surface area contributed by atoms with Gasteiger partial charge in [0.05, 0.1) is 6.04 Å². The molecule has 19 heavy (non-hydrogen) atoms. The van der Waals surface area contributed by atoms with Gasteiger partial charge in [-0.3, -0.25) is 4.90 Å². The quantitative estimate of drug-likeness (QED) is 0.805. The van der Waals surface area contributed by atoms with Crippen LogP contribution < -0.4 is 5.32 Å². The predicted octanol–water partition coefficient (Wildman–Crippen LogP) is 3.77. The molecule has 1 N–H and O–H groups in total. The molecule has 0 radical (unpaired) electrons. The Hall–Kier alpha value is -0.860. The number of aryl methyl sites for hydroxylation is 1. The van der Waals surface area contributed by atoms with Crippen molar-refractivity contribution < 1.29 is 0 Å². The lowest BCUT2D eigenvalue weighted by Gasteiger charge is -2.46. The molecule has 0 aliphatic heterocycles. The molecule has 0 amide bonds. The molecular weight excluding hydrogens is 232 g/mol. The highest BCUT2D eigenvalue weighted by Crippen LogP contribution is 2.35. The van der Waals surface area contributed by atoms with Gasteiger partial charge >= 0.3 is 0 Å². The first-order chi connectivity index (χ1) is 9.04. The van der Waals surface area contributed by atoms with Crippen molar-refractivity contribution in [3.8, 4) is 0 Å². The fraction of sp³-hybridized carbons (Fsp3) is 0.647. The zero-order valence-corrected chi connectivity index (χ0v) is 13.5. The molecule has 2 unspecified atom stereocenters. The minimum Gasteiger partial charge on any atom is -0.311 e. The number of hydrogen-bond acceptors (Lipinski definition) is 2. The van der Waals surface area contributed by atoms with Gasteiger partial charge in [-0.25, -0.2) is 0 Å². The van der Waals surface area contributed by atoms with E-state index in [1.54, 1.807) is 0 Å². The van der Waals surface area contributed by atoms with E-state index in [-0.39, 0.29) is 5.54 Å². The van der Waals surface area contributed by atoms with Gasteiger partial charge in [0.25, 0.3) is 0 Å². The molecule has 1 aromatic rings. The van der Waals surface area contributed by atoms with E-state index in [0.717, 1.165) is 19.5 Å². The Labute approximate surface area is 119 Å². The van der Waals surface area contributed by atoms with Gasteiger partial charge in [-0.2, -0.15) is 0 Å². The lowest BCUT2D eigenvalue weighted by Crippen LogP contribution is -2.53. The maximum absolute atomic E-state index is 3.56.